The Kier molecular flexibility index (Phi) is 7.05. The summed E-state index contributed by atoms with van der Waals surface area (Å²) in [6.07, 6.45) is 3.17. The smallest absolute Gasteiger partial charge is 0.260 e. The van der Waals surface area contributed by atoms with Gasteiger partial charge in [0.05, 0.1) is 21.7 Å². The molecule has 0 saturated carbocycles. The van der Waals surface area contributed by atoms with Crippen LogP contribution >= 0.6 is 31.9 Å². The Balaban J connectivity index is 1.62. The Bertz CT molecular complexity index is 1400. The van der Waals surface area contributed by atoms with Crippen molar-refractivity contribution in [1.82, 2.24) is 9.99 Å². The van der Waals surface area contributed by atoms with Crippen molar-refractivity contribution in [2.24, 2.45) is 5.10 Å². The maximum atomic E-state index is 12.9. The molecule has 1 amide bonds. The molecule has 0 atom stereocenters. The minimum Gasteiger partial charge on any atom is -0.488 e. The topological polar surface area (TPSA) is 72.7 Å². The highest BCUT2D eigenvalue weighted by Crippen LogP contribution is 2.32. The van der Waals surface area contributed by atoms with Crippen molar-refractivity contribution in [1.29, 1.82) is 0 Å². The molecule has 4 aromatic rings. The SMILES string of the molecule is C=CCOc1c(Br)cc(Br)cc1/C=N\NC(=O)Cn1c2ccccc2c(=O)c2ccccc21. The van der Waals surface area contributed by atoms with E-state index >= 15 is 0 Å². The van der Waals surface area contributed by atoms with Gasteiger partial charge in [-0.15, -0.1) is 0 Å². The van der Waals surface area contributed by atoms with Crippen LogP contribution in [0.15, 0.2) is 92.2 Å². The monoisotopic (exact) mass is 567 g/mol. The summed E-state index contributed by atoms with van der Waals surface area (Å²) >= 11 is 6.93. The van der Waals surface area contributed by atoms with Crippen LogP contribution in [0.5, 0.6) is 5.75 Å². The Hall–Kier alpha value is -3.23. The van der Waals surface area contributed by atoms with E-state index in [0.717, 1.165) is 8.95 Å². The van der Waals surface area contributed by atoms with Gasteiger partial charge < -0.3 is 9.30 Å². The summed E-state index contributed by atoms with van der Waals surface area (Å²) in [6.45, 7) is 4.00. The third-order valence-electron chi connectivity index (χ3n) is 4.96. The number of hydrogen-bond acceptors (Lipinski definition) is 4. The van der Waals surface area contributed by atoms with Crippen molar-refractivity contribution in [2.45, 2.75) is 6.54 Å². The highest BCUT2D eigenvalue weighted by Gasteiger charge is 2.13. The van der Waals surface area contributed by atoms with Gasteiger partial charge in [-0.1, -0.05) is 52.9 Å². The molecule has 1 heterocycles. The van der Waals surface area contributed by atoms with Crippen LogP contribution in [0.2, 0.25) is 0 Å². The van der Waals surface area contributed by atoms with Crippen LogP contribution < -0.4 is 15.6 Å². The van der Waals surface area contributed by atoms with Crippen molar-refractivity contribution < 1.29 is 9.53 Å². The number of benzene rings is 3. The molecule has 4 rings (SSSR count). The average Bonchev–Trinajstić information content (AvgIpc) is 2.81. The fourth-order valence-corrected chi connectivity index (χ4v) is 4.94. The number of nitrogens with one attached hydrogen (secondary N) is 1. The standard InChI is InChI=1S/C25H19Br2N3O3/c1-2-11-33-25-16(12-17(26)13-20(25)27)14-28-29-23(31)15-30-21-9-5-3-7-18(21)24(32)19-8-4-6-10-22(19)30/h2-10,12-14H,1,11,15H2,(H,29,31)/b28-14-. The molecule has 0 bridgehead atoms. The minimum atomic E-state index is -0.326. The van der Waals surface area contributed by atoms with Crippen LogP contribution in [0.1, 0.15) is 5.56 Å². The number of hydrazone groups is 1. The normalized spacial score (nSPS) is 11.2. The third-order valence-corrected chi connectivity index (χ3v) is 6.00. The molecule has 0 aliphatic heterocycles. The molecule has 0 fully saturated rings. The molecule has 166 valence electrons. The number of fused-ring (bicyclic) bond motifs is 2. The lowest BCUT2D eigenvalue weighted by atomic mass is 10.1. The summed E-state index contributed by atoms with van der Waals surface area (Å²) in [7, 11) is 0. The number of para-hydroxylation sites is 2. The zero-order valence-electron chi connectivity index (χ0n) is 17.4. The van der Waals surface area contributed by atoms with E-state index in [0.29, 0.717) is 39.7 Å². The number of nitrogens with zero attached hydrogens (tertiary/aromatic N) is 2. The van der Waals surface area contributed by atoms with Gasteiger partial charge in [-0.05, 0) is 52.3 Å². The van der Waals surface area contributed by atoms with Crippen molar-refractivity contribution in [3.05, 3.63) is 98.1 Å². The number of rotatable bonds is 7. The molecular weight excluding hydrogens is 550 g/mol. The lowest BCUT2D eigenvalue weighted by Gasteiger charge is -2.14. The molecule has 0 radical (unpaired) electrons. The maximum Gasteiger partial charge on any atom is 0.260 e. The third kappa shape index (κ3) is 4.91. The van der Waals surface area contributed by atoms with Crippen molar-refractivity contribution in [2.75, 3.05) is 6.61 Å². The van der Waals surface area contributed by atoms with E-state index in [1.807, 2.05) is 53.1 Å². The van der Waals surface area contributed by atoms with E-state index in [-0.39, 0.29) is 17.9 Å². The van der Waals surface area contributed by atoms with Crippen LogP contribution in [0.3, 0.4) is 0 Å². The molecule has 0 unspecified atom stereocenters. The van der Waals surface area contributed by atoms with Crippen LogP contribution in [-0.2, 0) is 11.3 Å². The number of pyridine rings is 1. The number of aromatic nitrogens is 1. The summed E-state index contributed by atoms with van der Waals surface area (Å²) in [6, 6.07) is 18.2. The van der Waals surface area contributed by atoms with Crippen LogP contribution in [0.4, 0.5) is 0 Å². The van der Waals surface area contributed by atoms with Gasteiger partial charge in [-0.3, -0.25) is 9.59 Å². The predicted octanol–water partition coefficient (Wildman–Crippen LogP) is 5.39. The number of carbonyl (C=O) groups is 1. The van der Waals surface area contributed by atoms with E-state index < -0.39 is 0 Å². The first-order valence-corrected chi connectivity index (χ1v) is 11.6. The highest BCUT2D eigenvalue weighted by atomic mass is 79.9. The van der Waals surface area contributed by atoms with E-state index in [1.54, 1.807) is 18.2 Å². The fourth-order valence-electron chi connectivity index (χ4n) is 3.57. The van der Waals surface area contributed by atoms with E-state index in [4.69, 9.17) is 4.74 Å². The summed E-state index contributed by atoms with van der Waals surface area (Å²) in [5.74, 6) is 0.265. The van der Waals surface area contributed by atoms with Crippen molar-refractivity contribution in [3.8, 4) is 5.75 Å². The first-order chi connectivity index (χ1) is 16.0. The van der Waals surface area contributed by atoms with Gasteiger partial charge in [0.2, 0.25) is 0 Å². The second kappa shape index (κ2) is 10.1. The summed E-state index contributed by atoms with van der Waals surface area (Å²) in [4.78, 5) is 25.6. The van der Waals surface area contributed by atoms with Gasteiger partial charge in [-0.2, -0.15) is 5.10 Å². The number of hydrogen-bond donors (Lipinski definition) is 1. The first kappa shape index (κ1) is 22.9. The van der Waals surface area contributed by atoms with Gasteiger partial charge in [0, 0.05) is 20.8 Å². The number of halogens is 2. The van der Waals surface area contributed by atoms with Crippen molar-refractivity contribution >= 4 is 65.8 Å². The average molecular weight is 569 g/mol. The van der Waals surface area contributed by atoms with Gasteiger partial charge in [-0.25, -0.2) is 5.43 Å². The zero-order valence-corrected chi connectivity index (χ0v) is 20.6. The van der Waals surface area contributed by atoms with Gasteiger partial charge in [0.1, 0.15) is 18.9 Å². The molecule has 0 aliphatic carbocycles. The second-order valence-electron chi connectivity index (χ2n) is 7.15. The molecule has 1 aromatic heterocycles. The Labute approximate surface area is 206 Å². The molecule has 0 spiro atoms. The number of carbonyl (C=O) groups excluding carboxylic acids is 1. The second-order valence-corrected chi connectivity index (χ2v) is 8.92. The quantitative estimate of drug-likeness (QED) is 0.140. The molecule has 33 heavy (non-hydrogen) atoms. The number of ether oxygens (including phenoxy) is 1. The van der Waals surface area contributed by atoms with Gasteiger partial charge in [0.25, 0.3) is 5.91 Å². The lowest BCUT2D eigenvalue weighted by Crippen LogP contribution is -2.25. The van der Waals surface area contributed by atoms with Gasteiger partial charge in [0.15, 0.2) is 5.43 Å². The Morgan fingerprint density at radius 3 is 2.33 bits per heavy atom. The lowest BCUT2D eigenvalue weighted by molar-refractivity contribution is -0.121. The summed E-state index contributed by atoms with van der Waals surface area (Å²) < 4.78 is 9.11. The molecular formula is C25H19Br2N3O3. The van der Waals surface area contributed by atoms with Crippen LogP contribution in [0, 0.1) is 0 Å². The fraction of sp³-hybridized carbons (Fsp3) is 0.0800. The molecule has 6 nitrogen and oxygen atoms in total. The Morgan fingerprint density at radius 2 is 1.70 bits per heavy atom. The largest absolute Gasteiger partial charge is 0.488 e. The summed E-state index contributed by atoms with van der Waals surface area (Å²) in [5, 5.41) is 5.25. The molecule has 8 heteroatoms. The van der Waals surface area contributed by atoms with Crippen molar-refractivity contribution in [3.63, 3.8) is 0 Å². The maximum absolute atomic E-state index is 12.9. The van der Waals surface area contributed by atoms with Gasteiger partial charge >= 0.3 is 0 Å². The molecule has 0 saturated heterocycles. The van der Waals surface area contributed by atoms with E-state index in [9.17, 15) is 9.59 Å². The first-order valence-electron chi connectivity index (χ1n) is 10.0. The Morgan fingerprint density at radius 1 is 1.06 bits per heavy atom. The van der Waals surface area contributed by atoms with E-state index in [1.165, 1.54) is 6.21 Å². The van der Waals surface area contributed by atoms with Crippen LogP contribution in [-0.4, -0.2) is 23.3 Å². The molecule has 1 N–H and O–H groups in total. The highest BCUT2D eigenvalue weighted by molar-refractivity contribution is 9.11. The summed E-state index contributed by atoms with van der Waals surface area (Å²) in [5.41, 5.74) is 4.58. The van der Waals surface area contributed by atoms with E-state index in [2.05, 4.69) is 49.0 Å². The predicted molar refractivity (Wildman–Crippen MR) is 139 cm³/mol. The zero-order chi connectivity index (χ0) is 23.4. The molecule has 3 aromatic carbocycles. The molecule has 0 aliphatic rings. The minimum absolute atomic E-state index is 0.000641. The number of amides is 1. The van der Waals surface area contributed by atoms with Crippen LogP contribution in [0.25, 0.3) is 21.8 Å².